The number of hydrogen-bond acceptors (Lipinski definition) is 3. The van der Waals surface area contributed by atoms with E-state index in [4.69, 9.17) is 17.3 Å². The number of aliphatic hydroxyl groups is 1. The van der Waals surface area contributed by atoms with E-state index in [-0.39, 0.29) is 12.0 Å². The van der Waals surface area contributed by atoms with Crippen LogP contribution in [0.1, 0.15) is 22.8 Å². The van der Waals surface area contributed by atoms with Crippen molar-refractivity contribution in [2.45, 2.75) is 24.7 Å². The van der Waals surface area contributed by atoms with Crippen molar-refractivity contribution in [3.8, 4) is 0 Å². The fraction of sp³-hybridized carbons (Fsp3) is 0.222. The van der Waals surface area contributed by atoms with E-state index in [1.807, 2.05) is 0 Å². The topological polar surface area (TPSA) is 92.4 Å². The first-order chi connectivity index (χ1) is 12.6. The number of carbonyl (C=O) groups is 2. The maximum Gasteiger partial charge on any atom is 0.416 e. The molecule has 0 aliphatic carbocycles. The maximum atomic E-state index is 12.6. The first-order valence-corrected chi connectivity index (χ1v) is 8.15. The molecule has 0 saturated carbocycles. The predicted octanol–water partition coefficient (Wildman–Crippen LogP) is 2.61. The van der Waals surface area contributed by atoms with Crippen LogP contribution in [0, 0.1) is 0 Å². The molecule has 0 unspecified atom stereocenters. The first-order valence-electron chi connectivity index (χ1n) is 7.77. The molecule has 2 amide bonds. The minimum absolute atomic E-state index is 0.0430. The molecule has 0 spiro atoms. The lowest BCUT2D eigenvalue weighted by molar-refractivity contribution is -0.137. The summed E-state index contributed by atoms with van der Waals surface area (Å²) in [6.07, 6.45) is -6.24. The lowest BCUT2D eigenvalue weighted by Gasteiger charge is -2.19. The molecule has 0 saturated heterocycles. The Kier molecular flexibility index (Phi) is 6.45. The van der Waals surface area contributed by atoms with Gasteiger partial charge in [-0.2, -0.15) is 13.2 Å². The van der Waals surface area contributed by atoms with E-state index in [2.05, 4.69) is 5.32 Å². The number of primary amides is 1. The van der Waals surface area contributed by atoms with Crippen LogP contribution in [0.3, 0.4) is 0 Å². The second-order valence-electron chi connectivity index (χ2n) is 5.82. The van der Waals surface area contributed by atoms with Crippen LogP contribution in [0.25, 0.3) is 0 Å². The zero-order chi connectivity index (χ0) is 20.2. The first kappa shape index (κ1) is 20.7. The summed E-state index contributed by atoms with van der Waals surface area (Å²) in [7, 11) is 0. The zero-order valence-electron chi connectivity index (χ0n) is 13.8. The smallest absolute Gasteiger partial charge is 0.378 e. The Bertz CT molecular complexity index is 825. The van der Waals surface area contributed by atoms with E-state index >= 15 is 0 Å². The molecule has 0 aliphatic heterocycles. The Morgan fingerprint density at radius 3 is 2.30 bits per heavy atom. The fourth-order valence-corrected chi connectivity index (χ4v) is 2.59. The minimum atomic E-state index is -4.53. The molecule has 9 heteroatoms. The van der Waals surface area contributed by atoms with E-state index in [1.54, 1.807) is 24.3 Å². The van der Waals surface area contributed by atoms with Gasteiger partial charge < -0.3 is 16.2 Å². The Balaban J connectivity index is 2.09. The van der Waals surface area contributed by atoms with Gasteiger partial charge in [-0.25, -0.2) is 0 Å². The van der Waals surface area contributed by atoms with Crippen LogP contribution >= 0.6 is 11.6 Å². The largest absolute Gasteiger partial charge is 0.416 e. The van der Waals surface area contributed by atoms with Crippen molar-refractivity contribution in [1.29, 1.82) is 0 Å². The van der Waals surface area contributed by atoms with Crippen molar-refractivity contribution in [2.24, 2.45) is 5.73 Å². The molecule has 0 aliphatic rings. The van der Waals surface area contributed by atoms with Gasteiger partial charge in [0.15, 0.2) is 6.10 Å². The third kappa shape index (κ3) is 5.70. The zero-order valence-corrected chi connectivity index (χ0v) is 14.6. The van der Waals surface area contributed by atoms with Gasteiger partial charge in [0.1, 0.15) is 6.04 Å². The number of aliphatic hydroxyl groups excluding tert-OH is 1. The highest BCUT2D eigenvalue weighted by Crippen LogP contribution is 2.30. The second kappa shape index (κ2) is 8.41. The van der Waals surface area contributed by atoms with E-state index in [0.29, 0.717) is 10.6 Å². The third-order valence-corrected chi connectivity index (χ3v) is 4.03. The van der Waals surface area contributed by atoms with Crippen LogP contribution in [0.5, 0.6) is 0 Å². The summed E-state index contributed by atoms with van der Waals surface area (Å²) in [5, 5.41) is 12.8. The molecule has 144 valence electrons. The van der Waals surface area contributed by atoms with Crippen LogP contribution in [0.15, 0.2) is 48.5 Å². The molecule has 27 heavy (non-hydrogen) atoms. The fourth-order valence-electron chi connectivity index (χ4n) is 2.38. The van der Waals surface area contributed by atoms with Crippen molar-refractivity contribution in [3.05, 3.63) is 70.2 Å². The summed E-state index contributed by atoms with van der Waals surface area (Å²) in [6, 6.07) is 8.93. The third-order valence-electron chi connectivity index (χ3n) is 3.79. The van der Waals surface area contributed by atoms with Gasteiger partial charge in [0.05, 0.1) is 5.56 Å². The molecule has 0 fully saturated rings. The van der Waals surface area contributed by atoms with E-state index < -0.39 is 35.7 Å². The number of amides is 2. The molecule has 2 aromatic rings. The summed E-state index contributed by atoms with van der Waals surface area (Å²) in [5.41, 5.74) is 4.96. The molecule has 0 heterocycles. The van der Waals surface area contributed by atoms with Gasteiger partial charge >= 0.3 is 6.18 Å². The number of benzene rings is 2. The number of rotatable bonds is 6. The number of halogens is 4. The van der Waals surface area contributed by atoms with Gasteiger partial charge in [0.2, 0.25) is 5.91 Å². The summed E-state index contributed by atoms with van der Waals surface area (Å²) in [6.45, 7) is 0. The molecule has 0 bridgehead atoms. The van der Waals surface area contributed by atoms with Crippen LogP contribution in [-0.2, 0) is 22.2 Å². The highest BCUT2D eigenvalue weighted by Gasteiger charge is 2.31. The molecule has 5 nitrogen and oxygen atoms in total. The Hall–Kier alpha value is -2.58. The summed E-state index contributed by atoms with van der Waals surface area (Å²) in [5.74, 6) is -1.79. The molecule has 2 aromatic carbocycles. The van der Waals surface area contributed by atoms with Crippen molar-refractivity contribution in [2.75, 3.05) is 0 Å². The number of hydrogen-bond donors (Lipinski definition) is 3. The van der Waals surface area contributed by atoms with E-state index in [9.17, 15) is 27.9 Å². The van der Waals surface area contributed by atoms with Crippen LogP contribution in [0.2, 0.25) is 5.02 Å². The van der Waals surface area contributed by atoms with Crippen LogP contribution in [0.4, 0.5) is 13.2 Å². The van der Waals surface area contributed by atoms with Gasteiger partial charge in [-0.1, -0.05) is 35.9 Å². The number of nitrogens with one attached hydrogen (secondary N) is 1. The van der Waals surface area contributed by atoms with Crippen molar-refractivity contribution < 1.29 is 27.9 Å². The summed E-state index contributed by atoms with van der Waals surface area (Å²) in [4.78, 5) is 23.8. The van der Waals surface area contributed by atoms with Gasteiger partial charge in [-0.05, 0) is 35.4 Å². The Morgan fingerprint density at radius 2 is 1.78 bits per heavy atom. The van der Waals surface area contributed by atoms with Crippen LogP contribution in [-0.4, -0.2) is 23.0 Å². The number of carbonyl (C=O) groups excluding carboxylic acids is 2. The molecule has 0 aromatic heterocycles. The highest BCUT2D eigenvalue weighted by atomic mass is 35.5. The lowest BCUT2D eigenvalue weighted by atomic mass is 10.0. The predicted molar refractivity (Wildman–Crippen MR) is 92.7 cm³/mol. The van der Waals surface area contributed by atoms with Gasteiger partial charge in [-0.3, -0.25) is 9.59 Å². The Morgan fingerprint density at radius 1 is 1.15 bits per heavy atom. The summed E-state index contributed by atoms with van der Waals surface area (Å²) >= 11 is 5.87. The monoisotopic (exact) mass is 400 g/mol. The average Bonchev–Trinajstić information content (AvgIpc) is 2.59. The molecule has 4 N–H and O–H groups in total. The SMILES string of the molecule is NC(=O)[C@H](Cc1cccc(Cl)c1)NC(=O)[C@H](O)c1ccc(C(F)(F)F)cc1. The Labute approximate surface area is 157 Å². The van der Waals surface area contributed by atoms with Crippen molar-refractivity contribution >= 4 is 23.4 Å². The number of alkyl halides is 3. The molecule has 2 atom stereocenters. The maximum absolute atomic E-state index is 12.6. The van der Waals surface area contributed by atoms with E-state index in [1.165, 1.54) is 0 Å². The molecular weight excluding hydrogens is 385 g/mol. The standard InChI is InChI=1S/C18H16ClF3N2O3/c19-13-3-1-2-10(8-13)9-14(16(23)26)24-17(27)15(25)11-4-6-12(7-5-11)18(20,21)22/h1-8,14-15,25H,9H2,(H2,23,26)(H,24,27)/t14-,15+/m0/s1. The summed E-state index contributed by atoms with van der Waals surface area (Å²) < 4.78 is 37.7. The molecular formula is C18H16ClF3N2O3. The second-order valence-corrected chi connectivity index (χ2v) is 6.26. The van der Waals surface area contributed by atoms with Crippen molar-refractivity contribution in [3.63, 3.8) is 0 Å². The van der Waals surface area contributed by atoms with Gasteiger partial charge in [-0.15, -0.1) is 0 Å². The quantitative estimate of drug-likeness (QED) is 0.696. The van der Waals surface area contributed by atoms with Gasteiger partial charge in [0.25, 0.3) is 5.91 Å². The molecule has 2 rings (SSSR count). The van der Waals surface area contributed by atoms with Crippen LogP contribution < -0.4 is 11.1 Å². The lowest BCUT2D eigenvalue weighted by Crippen LogP contribution is -2.47. The molecule has 0 radical (unpaired) electrons. The van der Waals surface area contributed by atoms with E-state index in [0.717, 1.165) is 24.3 Å². The highest BCUT2D eigenvalue weighted by molar-refractivity contribution is 6.30. The van der Waals surface area contributed by atoms with Crippen molar-refractivity contribution in [1.82, 2.24) is 5.32 Å². The minimum Gasteiger partial charge on any atom is -0.378 e. The van der Waals surface area contributed by atoms with Gasteiger partial charge in [0, 0.05) is 11.4 Å². The average molecular weight is 401 g/mol. The number of nitrogens with two attached hydrogens (primary N) is 1. The normalized spacial score (nSPS) is 13.7.